The zero-order valence-corrected chi connectivity index (χ0v) is 24.8. The maximum atomic E-state index is 13.7. The van der Waals surface area contributed by atoms with Crippen LogP contribution in [-0.4, -0.2) is 77.4 Å². The lowest BCUT2D eigenvalue weighted by Crippen LogP contribution is -2.48. The van der Waals surface area contributed by atoms with Gasteiger partial charge in [-0.05, 0) is 57.2 Å². The Kier molecular flexibility index (Phi) is 8.85. The van der Waals surface area contributed by atoms with Crippen molar-refractivity contribution in [1.82, 2.24) is 8.61 Å². The quantitative estimate of drug-likeness (QED) is 0.347. The third-order valence-electron chi connectivity index (χ3n) is 6.74. The Morgan fingerprint density at radius 1 is 0.725 bits per heavy atom. The minimum atomic E-state index is -4.28. The van der Waals surface area contributed by atoms with Crippen LogP contribution in [0.5, 0.6) is 0 Å². The summed E-state index contributed by atoms with van der Waals surface area (Å²) in [6.07, 6.45) is -1.37. The molecular weight excluding hydrogens is 577 g/mol. The lowest BCUT2D eigenvalue weighted by atomic mass is 10.2. The van der Waals surface area contributed by atoms with E-state index >= 15 is 0 Å². The Labute approximate surface area is 236 Å². The predicted octanol–water partition coefficient (Wildman–Crippen LogP) is 2.44. The van der Waals surface area contributed by atoms with Crippen molar-refractivity contribution < 1.29 is 34.5 Å². The fraction of sp³-hybridized carbons (Fsp3) is 0.333. The Morgan fingerprint density at radius 2 is 1.18 bits per heavy atom. The van der Waals surface area contributed by atoms with Crippen LogP contribution in [-0.2, 0) is 34.3 Å². The minimum Gasteiger partial charge on any atom is -0.390 e. The lowest BCUT2D eigenvalue weighted by Gasteiger charge is -2.29. The van der Waals surface area contributed by atoms with E-state index in [4.69, 9.17) is 4.18 Å². The monoisotopic (exact) mass is 608 g/mol. The summed E-state index contributed by atoms with van der Waals surface area (Å²) in [5, 5.41) is 10.9. The van der Waals surface area contributed by atoms with Crippen LogP contribution in [0.3, 0.4) is 0 Å². The molecule has 0 aliphatic carbocycles. The number of β-amino-alcohol motifs (C(OH)–C–C–N with tert-alkyl or cyclic N) is 1. The van der Waals surface area contributed by atoms with Crippen LogP contribution in [0.25, 0.3) is 0 Å². The Bertz CT molecular complexity index is 1650. The van der Waals surface area contributed by atoms with Crippen LogP contribution in [0.15, 0.2) is 87.5 Å². The lowest BCUT2D eigenvalue weighted by molar-refractivity contribution is 0.119. The molecule has 0 aromatic heterocycles. The number of hydrogen-bond donors (Lipinski definition) is 1. The number of hydrogen-bond acceptors (Lipinski definition) is 8. The van der Waals surface area contributed by atoms with Crippen LogP contribution >= 0.6 is 0 Å². The zero-order valence-electron chi connectivity index (χ0n) is 22.3. The molecule has 3 aromatic rings. The van der Waals surface area contributed by atoms with Gasteiger partial charge in [0.05, 0.1) is 33.4 Å². The molecule has 0 unspecified atom stereocenters. The molecule has 0 radical (unpaired) electrons. The van der Waals surface area contributed by atoms with Gasteiger partial charge in [0.15, 0.2) is 0 Å². The van der Waals surface area contributed by atoms with Crippen LogP contribution in [0.4, 0.5) is 0 Å². The van der Waals surface area contributed by atoms with Crippen LogP contribution in [0.2, 0.25) is 0 Å². The third kappa shape index (κ3) is 6.46. The maximum Gasteiger partial charge on any atom is 0.297 e. The molecule has 10 nitrogen and oxygen atoms in total. The molecule has 1 N–H and O–H groups in total. The molecule has 1 saturated heterocycles. The summed E-state index contributed by atoms with van der Waals surface area (Å²) in [7, 11) is -12.5. The fourth-order valence-electron chi connectivity index (χ4n) is 4.39. The topological polar surface area (TPSA) is 138 Å². The van der Waals surface area contributed by atoms with E-state index in [1.54, 1.807) is 50.2 Å². The van der Waals surface area contributed by atoms with Gasteiger partial charge in [-0.15, -0.1) is 0 Å². The van der Waals surface area contributed by atoms with E-state index in [1.165, 1.54) is 36.4 Å². The summed E-state index contributed by atoms with van der Waals surface area (Å²) in [6, 6.07) is 17.1. The van der Waals surface area contributed by atoms with Gasteiger partial charge in [0.1, 0.15) is 0 Å². The highest BCUT2D eigenvalue weighted by Crippen LogP contribution is 2.28. The number of rotatable bonds is 10. The molecule has 1 aliphatic heterocycles. The normalized spacial score (nSPS) is 18.8. The van der Waals surface area contributed by atoms with E-state index < -0.39 is 55.5 Å². The second-order valence-electron chi connectivity index (χ2n) is 9.79. The summed E-state index contributed by atoms with van der Waals surface area (Å²) in [5.41, 5.74) is 2.55. The highest BCUT2D eigenvalue weighted by molar-refractivity contribution is 7.89. The largest absolute Gasteiger partial charge is 0.390 e. The average molecular weight is 609 g/mol. The molecule has 1 heterocycles. The first kappa shape index (κ1) is 30.3. The van der Waals surface area contributed by atoms with E-state index in [9.17, 15) is 30.4 Å². The van der Waals surface area contributed by atoms with Crippen molar-refractivity contribution >= 4 is 30.2 Å². The second kappa shape index (κ2) is 11.7. The molecule has 216 valence electrons. The molecule has 0 saturated carbocycles. The SMILES string of the molecule is Cc1ccc(S(=O)(=O)OCCN([C@@H]2CN(S(=O)(=O)c3ccc(C)cc3)C[C@H]2O)S(=O)(=O)c2ccc(C)cc2)cc1. The van der Waals surface area contributed by atoms with Gasteiger partial charge in [0.2, 0.25) is 20.0 Å². The summed E-state index contributed by atoms with van der Waals surface area (Å²) >= 11 is 0. The minimum absolute atomic E-state index is 0.0198. The number of aryl methyl sites for hydroxylation is 3. The van der Waals surface area contributed by atoms with Crippen molar-refractivity contribution in [3.8, 4) is 0 Å². The molecule has 4 rings (SSSR count). The summed E-state index contributed by atoms with van der Waals surface area (Å²) in [6.45, 7) is 3.78. The molecule has 1 aliphatic rings. The Hall–Kier alpha value is -2.65. The van der Waals surface area contributed by atoms with Crippen molar-refractivity contribution in [3.05, 3.63) is 89.5 Å². The average Bonchev–Trinajstić information content (AvgIpc) is 3.29. The van der Waals surface area contributed by atoms with Gasteiger partial charge < -0.3 is 5.11 Å². The number of benzene rings is 3. The first-order valence-electron chi connectivity index (χ1n) is 12.5. The van der Waals surface area contributed by atoms with Crippen molar-refractivity contribution in [3.63, 3.8) is 0 Å². The highest BCUT2D eigenvalue weighted by Gasteiger charge is 2.45. The molecule has 1 fully saturated rings. The van der Waals surface area contributed by atoms with Gasteiger partial charge in [0.25, 0.3) is 10.1 Å². The van der Waals surface area contributed by atoms with Crippen molar-refractivity contribution in [2.24, 2.45) is 0 Å². The van der Waals surface area contributed by atoms with Crippen LogP contribution in [0, 0.1) is 20.8 Å². The Balaban J connectivity index is 1.62. The molecule has 0 bridgehead atoms. The van der Waals surface area contributed by atoms with Gasteiger partial charge >= 0.3 is 0 Å². The molecular formula is C27H32N2O8S3. The van der Waals surface area contributed by atoms with E-state index in [0.29, 0.717) is 0 Å². The highest BCUT2D eigenvalue weighted by atomic mass is 32.2. The molecule has 2 atom stereocenters. The van der Waals surface area contributed by atoms with E-state index in [2.05, 4.69) is 0 Å². The summed E-state index contributed by atoms with van der Waals surface area (Å²) in [4.78, 5) is -0.139. The molecule has 40 heavy (non-hydrogen) atoms. The molecule has 13 heteroatoms. The van der Waals surface area contributed by atoms with Crippen molar-refractivity contribution in [2.45, 2.75) is 47.6 Å². The van der Waals surface area contributed by atoms with Gasteiger partial charge in [-0.1, -0.05) is 53.1 Å². The van der Waals surface area contributed by atoms with Crippen molar-refractivity contribution in [1.29, 1.82) is 0 Å². The summed E-state index contributed by atoms with van der Waals surface area (Å²) in [5.74, 6) is 0. The second-order valence-corrected chi connectivity index (χ2v) is 15.2. The first-order chi connectivity index (χ1) is 18.7. The number of aliphatic hydroxyl groups excluding tert-OH is 1. The standard InChI is InChI=1S/C27H32N2O8S3/c1-20-4-10-23(11-5-20)38(31,32)28-18-26(27(30)19-28)29(39(33,34)24-12-6-21(2)7-13-24)16-17-37-40(35,36)25-14-8-22(3)9-15-25/h4-15,26-27,30H,16-19H2,1-3H3/t26-,27-/m1/s1. The smallest absolute Gasteiger partial charge is 0.297 e. The van der Waals surface area contributed by atoms with Crippen molar-refractivity contribution in [2.75, 3.05) is 26.2 Å². The fourth-order valence-corrected chi connectivity index (χ4v) is 8.40. The molecule has 3 aromatic carbocycles. The van der Waals surface area contributed by atoms with Gasteiger partial charge in [0, 0.05) is 19.6 Å². The van der Waals surface area contributed by atoms with Crippen LogP contribution in [0.1, 0.15) is 16.7 Å². The van der Waals surface area contributed by atoms with E-state index in [-0.39, 0.29) is 27.8 Å². The van der Waals surface area contributed by atoms with Gasteiger partial charge in [-0.3, -0.25) is 4.18 Å². The summed E-state index contributed by atoms with van der Waals surface area (Å²) < 4.78 is 86.6. The van der Waals surface area contributed by atoms with Gasteiger partial charge in [-0.25, -0.2) is 16.8 Å². The van der Waals surface area contributed by atoms with Crippen LogP contribution < -0.4 is 0 Å². The maximum absolute atomic E-state index is 13.7. The van der Waals surface area contributed by atoms with E-state index in [1.807, 2.05) is 6.92 Å². The van der Waals surface area contributed by atoms with E-state index in [0.717, 1.165) is 25.3 Å². The zero-order chi connectivity index (χ0) is 29.3. The third-order valence-corrected chi connectivity index (χ3v) is 11.9. The predicted molar refractivity (Wildman–Crippen MR) is 149 cm³/mol. The molecule has 0 amide bonds. The Morgan fingerprint density at radius 3 is 1.68 bits per heavy atom. The number of sulfonamides is 2. The molecule has 0 spiro atoms. The number of aliphatic hydroxyl groups is 1. The van der Waals surface area contributed by atoms with Gasteiger partial charge in [-0.2, -0.15) is 17.0 Å². The number of nitrogens with zero attached hydrogens (tertiary/aromatic N) is 2. The first-order valence-corrected chi connectivity index (χ1v) is 16.8.